The van der Waals surface area contributed by atoms with Gasteiger partial charge in [-0.2, -0.15) is 0 Å². The van der Waals surface area contributed by atoms with Crippen LogP contribution in [0.4, 0.5) is 0 Å². The number of rotatable bonds is 13. The maximum atomic E-state index is 13.4. The van der Waals surface area contributed by atoms with Gasteiger partial charge in [-0.1, -0.05) is 60.6 Å². The zero-order valence-corrected chi connectivity index (χ0v) is 35.4. The molecule has 0 aromatic heterocycles. The van der Waals surface area contributed by atoms with E-state index in [1.54, 1.807) is 19.2 Å². The lowest BCUT2D eigenvalue weighted by Gasteiger charge is -2.49. The van der Waals surface area contributed by atoms with Crippen LogP contribution in [0.1, 0.15) is 123 Å². The molecule has 6 rings (SSSR count). The Morgan fingerprint density at radius 1 is 1.00 bits per heavy atom. The summed E-state index contributed by atoms with van der Waals surface area (Å²) in [5, 5.41) is 44.7. The summed E-state index contributed by atoms with van der Waals surface area (Å²) in [6.45, 7) is 16.1. The van der Waals surface area contributed by atoms with Gasteiger partial charge in [0.2, 0.25) is 5.91 Å². The molecule has 0 saturated carbocycles. The zero-order chi connectivity index (χ0) is 41.7. The Morgan fingerprint density at radius 2 is 1.70 bits per heavy atom. The number of aliphatic hydroxyl groups is 3. The summed E-state index contributed by atoms with van der Waals surface area (Å²) in [4.78, 5) is 24.6. The fourth-order valence-electron chi connectivity index (χ4n) is 11.0. The molecule has 0 bridgehead atoms. The second-order valence-electron chi connectivity index (χ2n) is 18.7. The molecule has 5 saturated heterocycles. The van der Waals surface area contributed by atoms with Gasteiger partial charge in [0.15, 0.2) is 11.6 Å². The van der Waals surface area contributed by atoms with Gasteiger partial charge >= 0.3 is 5.97 Å². The molecule has 13 nitrogen and oxygen atoms in total. The number of nitrogens with one attached hydrogen (secondary N) is 1. The molecule has 1 aromatic carbocycles. The molecule has 5 heterocycles. The third-order valence-corrected chi connectivity index (χ3v) is 14.7. The normalized spacial score (nSPS) is 43.9. The highest BCUT2D eigenvalue weighted by atomic mass is 16.7. The molecule has 0 aliphatic carbocycles. The van der Waals surface area contributed by atoms with Crippen LogP contribution in [0.3, 0.4) is 0 Å². The molecule has 5 N–H and O–H groups in total. The van der Waals surface area contributed by atoms with Crippen molar-refractivity contribution in [1.82, 2.24) is 5.32 Å². The van der Waals surface area contributed by atoms with E-state index in [1.807, 2.05) is 27.7 Å². The number of amides is 1. The second kappa shape index (κ2) is 17.0. The number of carbonyl (C=O) groups excluding carboxylic acids is 1. The predicted molar refractivity (Wildman–Crippen MR) is 210 cm³/mol. The van der Waals surface area contributed by atoms with Crippen LogP contribution in [0, 0.1) is 35.5 Å². The van der Waals surface area contributed by atoms with Crippen molar-refractivity contribution in [3.05, 3.63) is 35.4 Å². The highest BCUT2D eigenvalue weighted by Crippen LogP contribution is 2.55. The van der Waals surface area contributed by atoms with E-state index in [0.29, 0.717) is 19.3 Å². The summed E-state index contributed by atoms with van der Waals surface area (Å²) in [5.41, 5.74) is -0.228. The first-order chi connectivity index (χ1) is 26.8. The fraction of sp³-hybridized carbons (Fsp3) is 0.818. The fourth-order valence-corrected chi connectivity index (χ4v) is 11.0. The third kappa shape index (κ3) is 8.57. The first kappa shape index (κ1) is 44.4. The standard InChI is InChI=1S/C44H69NO12/c1-10-42(38-25(3)20-33(53-38)35-24(2)19-26(4)44(51,23-46)56-35)16-15-34(54-42)41(8)17-18-43(57-41)21-32(47)27(5)37(55-43)28(6)36(52-9)29(7)39(48)45-22-30-11-13-31(14-12-30)40(49)50/h11-14,24-29,32-38,46-47,51H,10,15-23H2,1-9H3,(H,45,48)(H,49,50). The lowest BCUT2D eigenvalue weighted by atomic mass is 9.78. The van der Waals surface area contributed by atoms with E-state index in [-0.39, 0.29) is 72.0 Å². The Hall–Kier alpha value is -2.20. The van der Waals surface area contributed by atoms with Crippen molar-refractivity contribution in [1.29, 1.82) is 0 Å². The SMILES string of the molecule is CCC1(C2OC(C3OC(O)(CO)C(C)CC3C)CC2C)CCC(C2(C)CCC3(CC(O)C(C)C(C(C)C(OC)C(C)C(=O)NCc4ccc(C(=O)O)cc4)O3)O2)O1. The maximum absolute atomic E-state index is 13.4. The molecule has 13 heteroatoms. The monoisotopic (exact) mass is 803 g/mol. The van der Waals surface area contributed by atoms with Crippen LogP contribution in [0.5, 0.6) is 0 Å². The molecule has 1 aromatic rings. The topological polar surface area (TPSA) is 182 Å². The van der Waals surface area contributed by atoms with Crippen LogP contribution < -0.4 is 5.32 Å². The van der Waals surface area contributed by atoms with E-state index in [9.17, 15) is 30.0 Å². The first-order valence-corrected chi connectivity index (χ1v) is 21.4. The summed E-state index contributed by atoms with van der Waals surface area (Å²) in [5.74, 6) is -4.70. The molecule has 0 radical (unpaired) electrons. The summed E-state index contributed by atoms with van der Waals surface area (Å²) in [6.07, 6.45) is 2.86. The molecule has 5 aliphatic rings. The van der Waals surface area contributed by atoms with Crippen molar-refractivity contribution < 1.29 is 58.4 Å². The van der Waals surface area contributed by atoms with Gasteiger partial charge in [0.25, 0.3) is 0 Å². The number of methoxy groups -OCH3 is 1. The lowest BCUT2D eigenvalue weighted by molar-refractivity contribution is -0.336. The average molecular weight is 804 g/mol. The Balaban J connectivity index is 1.10. The quantitative estimate of drug-likeness (QED) is 0.176. The number of carboxylic acid groups (broad SMARTS) is 1. The van der Waals surface area contributed by atoms with Gasteiger partial charge < -0.3 is 54.2 Å². The third-order valence-electron chi connectivity index (χ3n) is 14.7. The highest BCUT2D eigenvalue weighted by Gasteiger charge is 2.62. The zero-order valence-electron chi connectivity index (χ0n) is 35.4. The van der Waals surface area contributed by atoms with Gasteiger partial charge in [-0.3, -0.25) is 4.79 Å². The van der Waals surface area contributed by atoms with Crippen LogP contribution in [0.2, 0.25) is 0 Å². The Kier molecular flexibility index (Phi) is 13.3. The predicted octanol–water partition coefficient (Wildman–Crippen LogP) is 5.20. The van der Waals surface area contributed by atoms with Crippen molar-refractivity contribution in [2.45, 2.75) is 179 Å². The van der Waals surface area contributed by atoms with Gasteiger partial charge in [0.1, 0.15) is 0 Å². The summed E-state index contributed by atoms with van der Waals surface area (Å²) in [7, 11) is 1.59. The Bertz CT molecular complexity index is 1560. The number of carboxylic acids is 1. The minimum Gasteiger partial charge on any atom is -0.478 e. The van der Waals surface area contributed by atoms with Crippen molar-refractivity contribution >= 4 is 11.9 Å². The minimum absolute atomic E-state index is 0.163. The van der Waals surface area contributed by atoms with Crippen molar-refractivity contribution in [3.8, 4) is 0 Å². The largest absolute Gasteiger partial charge is 0.478 e. The van der Waals surface area contributed by atoms with E-state index >= 15 is 0 Å². The first-order valence-electron chi connectivity index (χ1n) is 21.4. The molecular formula is C44H69NO12. The van der Waals surface area contributed by atoms with Crippen molar-refractivity contribution in [3.63, 3.8) is 0 Å². The molecule has 17 unspecified atom stereocenters. The van der Waals surface area contributed by atoms with Crippen LogP contribution in [0.15, 0.2) is 24.3 Å². The molecular weight excluding hydrogens is 734 g/mol. The number of hydrogen-bond donors (Lipinski definition) is 5. The number of carbonyl (C=O) groups is 2. The van der Waals surface area contributed by atoms with E-state index < -0.39 is 59.6 Å². The van der Waals surface area contributed by atoms with E-state index in [4.69, 9.17) is 28.4 Å². The molecule has 1 spiro atoms. The van der Waals surface area contributed by atoms with E-state index in [0.717, 1.165) is 37.7 Å². The van der Waals surface area contributed by atoms with Gasteiger partial charge in [0, 0.05) is 44.2 Å². The Morgan fingerprint density at radius 3 is 2.33 bits per heavy atom. The maximum Gasteiger partial charge on any atom is 0.335 e. The second-order valence-corrected chi connectivity index (χ2v) is 18.7. The smallest absolute Gasteiger partial charge is 0.335 e. The van der Waals surface area contributed by atoms with Crippen LogP contribution in [-0.2, 0) is 39.8 Å². The number of aromatic carboxylic acids is 1. The van der Waals surface area contributed by atoms with E-state index in [2.05, 4.69) is 33.0 Å². The number of benzene rings is 1. The van der Waals surface area contributed by atoms with E-state index in [1.165, 1.54) is 12.1 Å². The van der Waals surface area contributed by atoms with Crippen molar-refractivity contribution in [2.75, 3.05) is 13.7 Å². The highest BCUT2D eigenvalue weighted by molar-refractivity contribution is 5.87. The molecule has 5 aliphatic heterocycles. The van der Waals surface area contributed by atoms with Gasteiger partial charge in [-0.25, -0.2) is 4.79 Å². The Labute approximate surface area is 338 Å². The summed E-state index contributed by atoms with van der Waals surface area (Å²) >= 11 is 0. The molecule has 57 heavy (non-hydrogen) atoms. The molecule has 1 amide bonds. The van der Waals surface area contributed by atoms with Crippen LogP contribution in [0.25, 0.3) is 0 Å². The number of ether oxygens (including phenoxy) is 6. The molecule has 5 fully saturated rings. The number of aliphatic hydroxyl groups excluding tert-OH is 2. The number of hydrogen-bond acceptors (Lipinski definition) is 11. The minimum atomic E-state index is -1.58. The van der Waals surface area contributed by atoms with Gasteiger partial charge in [-0.15, -0.1) is 0 Å². The lowest BCUT2D eigenvalue weighted by Crippen LogP contribution is -2.57. The summed E-state index contributed by atoms with van der Waals surface area (Å²) < 4.78 is 40.2. The van der Waals surface area contributed by atoms with Crippen LogP contribution in [-0.4, -0.2) is 112 Å². The average Bonchev–Trinajstić information content (AvgIpc) is 3.90. The van der Waals surface area contributed by atoms with Gasteiger partial charge in [0.05, 0.1) is 72.0 Å². The van der Waals surface area contributed by atoms with Crippen LogP contribution >= 0.6 is 0 Å². The summed E-state index contributed by atoms with van der Waals surface area (Å²) in [6, 6.07) is 6.40. The molecule has 322 valence electrons. The van der Waals surface area contributed by atoms with Gasteiger partial charge in [-0.05, 0) is 75.0 Å². The van der Waals surface area contributed by atoms with Crippen molar-refractivity contribution in [2.24, 2.45) is 35.5 Å². The molecule has 17 atom stereocenters.